The number of halogens is 1. The summed E-state index contributed by atoms with van der Waals surface area (Å²) in [6.07, 6.45) is 8.18. The Kier molecular flexibility index (Phi) is 4.36. The van der Waals surface area contributed by atoms with Gasteiger partial charge in [0.05, 0.1) is 22.8 Å². The van der Waals surface area contributed by atoms with Crippen LogP contribution in [0, 0.1) is 0 Å². The summed E-state index contributed by atoms with van der Waals surface area (Å²) in [5.41, 5.74) is 1.72. The Morgan fingerprint density at radius 1 is 1.27 bits per heavy atom. The average molecular weight is 391 g/mol. The zero-order chi connectivity index (χ0) is 18.3. The molecule has 0 amide bonds. The number of piperidine rings is 1. The van der Waals surface area contributed by atoms with Gasteiger partial charge in [-0.05, 0) is 31.0 Å². The number of rotatable bonds is 3. The third-order valence-electron chi connectivity index (χ3n) is 4.83. The lowest BCUT2D eigenvalue weighted by atomic mass is 10.1. The van der Waals surface area contributed by atoms with Crippen LogP contribution in [0.15, 0.2) is 43.0 Å². The Morgan fingerprint density at radius 2 is 2.12 bits per heavy atom. The summed E-state index contributed by atoms with van der Waals surface area (Å²) in [5, 5.41) is 1.23. The molecule has 2 aromatic heterocycles. The number of imidazole rings is 1. The molecule has 1 aromatic carbocycles. The second-order valence-electron chi connectivity index (χ2n) is 6.67. The molecule has 1 fully saturated rings. The number of benzene rings is 1. The summed E-state index contributed by atoms with van der Waals surface area (Å²) in [4.78, 5) is 10.9. The predicted octanol–water partition coefficient (Wildman–Crippen LogP) is 3.09. The molecule has 1 aliphatic heterocycles. The fourth-order valence-electron chi connectivity index (χ4n) is 3.44. The van der Waals surface area contributed by atoms with Crippen molar-refractivity contribution < 1.29 is 8.42 Å². The molecule has 0 radical (unpaired) electrons. The van der Waals surface area contributed by atoms with Crippen LogP contribution in [0.25, 0.3) is 16.6 Å². The highest BCUT2D eigenvalue weighted by atomic mass is 35.5. The number of sulfone groups is 1. The van der Waals surface area contributed by atoms with Crippen molar-refractivity contribution in [3.05, 3.63) is 48.0 Å². The molecule has 0 bridgehead atoms. The summed E-state index contributed by atoms with van der Waals surface area (Å²) in [5.74, 6) is 0.761. The quantitative estimate of drug-likeness (QED) is 0.687. The van der Waals surface area contributed by atoms with Gasteiger partial charge in [0, 0.05) is 48.2 Å². The van der Waals surface area contributed by atoms with Gasteiger partial charge in [-0.15, -0.1) is 0 Å². The number of aromatic nitrogens is 3. The summed E-state index contributed by atoms with van der Waals surface area (Å²) < 4.78 is 25.9. The fourth-order valence-corrected chi connectivity index (χ4v) is 4.65. The minimum absolute atomic E-state index is 0.357. The van der Waals surface area contributed by atoms with E-state index in [0.29, 0.717) is 18.0 Å². The van der Waals surface area contributed by atoms with Crippen molar-refractivity contribution >= 4 is 38.2 Å². The lowest BCUT2D eigenvalue weighted by Gasteiger charge is -2.33. The third kappa shape index (κ3) is 3.29. The van der Waals surface area contributed by atoms with Crippen LogP contribution in [0.4, 0.5) is 5.82 Å². The van der Waals surface area contributed by atoms with E-state index in [9.17, 15) is 8.42 Å². The van der Waals surface area contributed by atoms with Gasteiger partial charge in [0.2, 0.25) is 0 Å². The second-order valence-corrected chi connectivity index (χ2v) is 9.43. The van der Waals surface area contributed by atoms with E-state index in [-0.39, 0.29) is 5.25 Å². The minimum Gasteiger partial charge on any atom is -0.355 e. The van der Waals surface area contributed by atoms with Gasteiger partial charge in [-0.1, -0.05) is 11.6 Å². The molecule has 1 atom stereocenters. The van der Waals surface area contributed by atoms with Crippen LogP contribution in [0.5, 0.6) is 0 Å². The summed E-state index contributed by atoms with van der Waals surface area (Å²) in [6.45, 7) is 1.25. The van der Waals surface area contributed by atoms with E-state index >= 15 is 0 Å². The van der Waals surface area contributed by atoms with E-state index in [1.54, 1.807) is 12.5 Å². The molecular formula is C18H19ClN4O2S. The van der Waals surface area contributed by atoms with Gasteiger partial charge in [-0.25, -0.2) is 18.4 Å². The summed E-state index contributed by atoms with van der Waals surface area (Å²) in [7, 11) is -3.08. The van der Waals surface area contributed by atoms with E-state index in [1.807, 2.05) is 35.0 Å². The Labute approximate surface area is 157 Å². The molecule has 0 saturated carbocycles. The first kappa shape index (κ1) is 17.3. The number of anilines is 1. The molecule has 136 valence electrons. The number of pyridine rings is 1. The monoisotopic (exact) mass is 390 g/mol. The number of nitrogens with zero attached hydrogens (tertiary/aromatic N) is 4. The van der Waals surface area contributed by atoms with Crippen molar-refractivity contribution in [1.29, 1.82) is 0 Å². The zero-order valence-electron chi connectivity index (χ0n) is 14.3. The molecule has 1 saturated heterocycles. The highest BCUT2D eigenvalue weighted by Crippen LogP contribution is 2.30. The van der Waals surface area contributed by atoms with Gasteiger partial charge in [0.1, 0.15) is 5.82 Å². The topological polar surface area (TPSA) is 68.1 Å². The van der Waals surface area contributed by atoms with Gasteiger partial charge in [-0.3, -0.25) is 0 Å². The predicted molar refractivity (Wildman–Crippen MR) is 104 cm³/mol. The van der Waals surface area contributed by atoms with Gasteiger partial charge < -0.3 is 9.47 Å². The molecule has 1 aliphatic rings. The van der Waals surface area contributed by atoms with Gasteiger partial charge >= 0.3 is 0 Å². The SMILES string of the molecule is CS(=O)(=O)C1CCCN(c2cc(-n3ccnc3)c3ccc(Cl)cc3n2)C1. The molecule has 0 N–H and O–H groups in total. The largest absolute Gasteiger partial charge is 0.355 e. The minimum atomic E-state index is -3.08. The fraction of sp³-hybridized carbons (Fsp3) is 0.333. The van der Waals surface area contributed by atoms with Gasteiger partial charge in [0.15, 0.2) is 9.84 Å². The maximum atomic E-state index is 12.0. The van der Waals surface area contributed by atoms with Crippen LogP contribution in [0.1, 0.15) is 12.8 Å². The normalized spacial score (nSPS) is 18.4. The maximum Gasteiger partial charge on any atom is 0.152 e. The molecule has 26 heavy (non-hydrogen) atoms. The van der Waals surface area contributed by atoms with Gasteiger partial charge in [-0.2, -0.15) is 0 Å². The molecule has 0 spiro atoms. The van der Waals surface area contributed by atoms with Crippen molar-refractivity contribution in [2.75, 3.05) is 24.2 Å². The van der Waals surface area contributed by atoms with Crippen LogP contribution in [-0.4, -0.2) is 47.5 Å². The molecule has 3 aromatic rings. The van der Waals surface area contributed by atoms with Gasteiger partial charge in [0.25, 0.3) is 0 Å². The summed E-state index contributed by atoms with van der Waals surface area (Å²) >= 11 is 6.16. The molecule has 3 heterocycles. The lowest BCUT2D eigenvalue weighted by Crippen LogP contribution is -2.42. The van der Waals surface area contributed by atoms with Crippen molar-refractivity contribution in [2.45, 2.75) is 18.1 Å². The average Bonchev–Trinajstić information content (AvgIpc) is 3.14. The highest BCUT2D eigenvalue weighted by Gasteiger charge is 2.28. The Hall–Kier alpha value is -2.12. The van der Waals surface area contributed by atoms with E-state index in [4.69, 9.17) is 16.6 Å². The number of hydrogen-bond acceptors (Lipinski definition) is 5. The number of fused-ring (bicyclic) bond motifs is 1. The van der Waals surface area contributed by atoms with Crippen LogP contribution < -0.4 is 4.90 Å². The molecule has 0 aliphatic carbocycles. The Bertz CT molecular complexity index is 1050. The van der Waals surface area contributed by atoms with Crippen LogP contribution in [-0.2, 0) is 9.84 Å². The first-order valence-electron chi connectivity index (χ1n) is 8.44. The van der Waals surface area contributed by atoms with E-state index in [0.717, 1.165) is 35.4 Å². The number of hydrogen-bond donors (Lipinski definition) is 0. The van der Waals surface area contributed by atoms with Crippen molar-refractivity contribution in [1.82, 2.24) is 14.5 Å². The molecule has 1 unspecified atom stereocenters. The van der Waals surface area contributed by atoms with Crippen molar-refractivity contribution in [2.24, 2.45) is 0 Å². The maximum absolute atomic E-state index is 12.0. The molecule has 6 nitrogen and oxygen atoms in total. The Morgan fingerprint density at radius 3 is 2.85 bits per heavy atom. The van der Waals surface area contributed by atoms with Crippen molar-refractivity contribution in [3.8, 4) is 5.69 Å². The highest BCUT2D eigenvalue weighted by molar-refractivity contribution is 7.91. The van der Waals surface area contributed by atoms with Crippen LogP contribution in [0.3, 0.4) is 0 Å². The lowest BCUT2D eigenvalue weighted by molar-refractivity contribution is 0.534. The summed E-state index contributed by atoms with van der Waals surface area (Å²) in [6, 6.07) is 7.60. The van der Waals surface area contributed by atoms with E-state index in [2.05, 4.69) is 9.88 Å². The first-order chi connectivity index (χ1) is 12.4. The molecule has 4 rings (SSSR count). The first-order valence-corrected chi connectivity index (χ1v) is 10.8. The third-order valence-corrected chi connectivity index (χ3v) is 6.66. The Balaban J connectivity index is 1.83. The van der Waals surface area contributed by atoms with Crippen molar-refractivity contribution in [3.63, 3.8) is 0 Å². The van der Waals surface area contributed by atoms with E-state index in [1.165, 1.54) is 6.26 Å². The molecular weight excluding hydrogens is 372 g/mol. The van der Waals surface area contributed by atoms with Crippen LogP contribution >= 0.6 is 11.6 Å². The standard InChI is InChI=1S/C18H19ClN4O2S/c1-26(24,25)14-3-2-7-22(11-14)18-10-17(23-8-6-20-12-23)15-5-4-13(19)9-16(15)21-18/h4-6,8-10,12,14H,2-3,7,11H2,1H3. The second kappa shape index (κ2) is 6.55. The van der Waals surface area contributed by atoms with E-state index < -0.39 is 9.84 Å². The molecule has 8 heteroatoms. The smallest absolute Gasteiger partial charge is 0.152 e. The van der Waals surface area contributed by atoms with Crippen LogP contribution in [0.2, 0.25) is 5.02 Å². The zero-order valence-corrected chi connectivity index (χ0v) is 15.9.